The molecule has 0 bridgehead atoms. The molecule has 0 radical (unpaired) electrons. The first-order valence-corrected chi connectivity index (χ1v) is 10.8. The standard InChI is InChI=1S/C22H40/c1-22(20-13-7-3-8-14-20,21-15-9-4-10-16-21)18-17-19-11-5-2-6-12-19/h19-21H,2-18H2,1H3. The van der Waals surface area contributed by atoms with Gasteiger partial charge in [-0.25, -0.2) is 0 Å². The zero-order valence-electron chi connectivity index (χ0n) is 15.3. The van der Waals surface area contributed by atoms with Gasteiger partial charge < -0.3 is 0 Å². The molecular formula is C22H40. The van der Waals surface area contributed by atoms with Gasteiger partial charge in [-0.15, -0.1) is 0 Å². The minimum absolute atomic E-state index is 0.693. The SMILES string of the molecule is CC(CCC1CCCCC1)(C1CCCCC1)C1CCCCC1. The summed E-state index contributed by atoms with van der Waals surface area (Å²) in [5.74, 6) is 3.21. The van der Waals surface area contributed by atoms with Crippen LogP contribution in [0.15, 0.2) is 0 Å². The van der Waals surface area contributed by atoms with Crippen LogP contribution in [-0.2, 0) is 0 Å². The summed E-state index contributed by atoms with van der Waals surface area (Å²) in [6.07, 6.45) is 26.1. The van der Waals surface area contributed by atoms with Crippen molar-refractivity contribution in [2.45, 2.75) is 116 Å². The van der Waals surface area contributed by atoms with Gasteiger partial charge in [0.25, 0.3) is 0 Å². The van der Waals surface area contributed by atoms with E-state index in [-0.39, 0.29) is 0 Å². The van der Waals surface area contributed by atoms with Gasteiger partial charge in [0.05, 0.1) is 0 Å². The van der Waals surface area contributed by atoms with E-state index in [1.54, 1.807) is 51.4 Å². The van der Waals surface area contributed by atoms with E-state index in [9.17, 15) is 0 Å². The van der Waals surface area contributed by atoms with Crippen LogP contribution in [0.2, 0.25) is 0 Å². The van der Waals surface area contributed by atoms with Crippen molar-refractivity contribution >= 4 is 0 Å². The maximum atomic E-state index is 2.74. The van der Waals surface area contributed by atoms with E-state index in [2.05, 4.69) is 6.92 Å². The number of hydrogen-bond acceptors (Lipinski definition) is 0. The molecule has 0 spiro atoms. The van der Waals surface area contributed by atoms with Crippen molar-refractivity contribution < 1.29 is 0 Å². The summed E-state index contributed by atoms with van der Waals surface area (Å²) in [7, 11) is 0. The molecule has 0 aromatic carbocycles. The van der Waals surface area contributed by atoms with Gasteiger partial charge in [-0.3, -0.25) is 0 Å². The molecule has 3 fully saturated rings. The molecule has 0 heterocycles. The van der Waals surface area contributed by atoms with Crippen molar-refractivity contribution in [3.63, 3.8) is 0 Å². The molecule has 0 N–H and O–H groups in total. The molecule has 3 saturated carbocycles. The Labute approximate surface area is 139 Å². The molecule has 3 aliphatic carbocycles. The van der Waals surface area contributed by atoms with Crippen LogP contribution >= 0.6 is 0 Å². The molecule has 0 heteroatoms. The van der Waals surface area contributed by atoms with E-state index < -0.39 is 0 Å². The molecule has 0 unspecified atom stereocenters. The van der Waals surface area contributed by atoms with Crippen molar-refractivity contribution in [2.75, 3.05) is 0 Å². The number of hydrogen-bond donors (Lipinski definition) is 0. The van der Waals surface area contributed by atoms with Crippen LogP contribution in [0.25, 0.3) is 0 Å². The Morgan fingerprint density at radius 1 is 0.591 bits per heavy atom. The summed E-state index contributed by atoms with van der Waals surface area (Å²) >= 11 is 0. The van der Waals surface area contributed by atoms with Gasteiger partial charge in [0.2, 0.25) is 0 Å². The van der Waals surface area contributed by atoms with Crippen LogP contribution in [0, 0.1) is 23.2 Å². The summed E-state index contributed by atoms with van der Waals surface area (Å²) in [4.78, 5) is 0. The van der Waals surface area contributed by atoms with Crippen LogP contribution in [0.3, 0.4) is 0 Å². The van der Waals surface area contributed by atoms with Crippen LogP contribution in [0.5, 0.6) is 0 Å². The largest absolute Gasteiger partial charge is 0.0591 e. The first kappa shape index (κ1) is 16.8. The minimum Gasteiger partial charge on any atom is -0.0591 e. The van der Waals surface area contributed by atoms with E-state index in [0.29, 0.717) is 5.41 Å². The average molecular weight is 305 g/mol. The molecule has 3 rings (SSSR count). The average Bonchev–Trinajstić information content (AvgIpc) is 2.62. The molecular weight excluding hydrogens is 264 g/mol. The molecule has 128 valence electrons. The molecule has 0 aliphatic heterocycles. The lowest BCUT2D eigenvalue weighted by Crippen LogP contribution is -2.38. The first-order valence-electron chi connectivity index (χ1n) is 10.8. The maximum absolute atomic E-state index is 2.74. The molecule has 0 aromatic rings. The van der Waals surface area contributed by atoms with Gasteiger partial charge in [0.1, 0.15) is 0 Å². The number of rotatable bonds is 5. The predicted octanol–water partition coefficient (Wildman–Crippen LogP) is 7.51. The van der Waals surface area contributed by atoms with Crippen molar-refractivity contribution in [3.05, 3.63) is 0 Å². The van der Waals surface area contributed by atoms with E-state index in [1.165, 1.54) is 57.8 Å². The minimum atomic E-state index is 0.693. The van der Waals surface area contributed by atoms with E-state index in [4.69, 9.17) is 0 Å². The van der Waals surface area contributed by atoms with Gasteiger partial charge >= 0.3 is 0 Å². The highest BCUT2D eigenvalue weighted by atomic mass is 14.5. The summed E-state index contributed by atoms with van der Waals surface area (Å²) in [6, 6.07) is 0. The second-order valence-corrected chi connectivity index (χ2v) is 9.22. The molecule has 0 nitrogen and oxygen atoms in total. The fourth-order valence-corrected chi connectivity index (χ4v) is 6.26. The summed E-state index contributed by atoms with van der Waals surface area (Å²) in [5, 5.41) is 0. The van der Waals surface area contributed by atoms with E-state index in [0.717, 1.165) is 17.8 Å². The van der Waals surface area contributed by atoms with Crippen molar-refractivity contribution in [3.8, 4) is 0 Å². The summed E-state index contributed by atoms with van der Waals surface area (Å²) < 4.78 is 0. The molecule has 0 amide bonds. The zero-order chi connectivity index (χ0) is 15.3. The first-order chi connectivity index (χ1) is 10.8. The van der Waals surface area contributed by atoms with Crippen LogP contribution in [0.1, 0.15) is 116 Å². The molecule has 0 saturated heterocycles. The molecule has 0 aromatic heterocycles. The Morgan fingerprint density at radius 2 is 1.00 bits per heavy atom. The summed E-state index contributed by atoms with van der Waals surface area (Å²) in [6.45, 7) is 2.74. The normalized spacial score (nSPS) is 27.1. The van der Waals surface area contributed by atoms with Crippen LogP contribution < -0.4 is 0 Å². The Bertz CT molecular complexity index is 282. The lowest BCUT2D eigenvalue weighted by Gasteiger charge is -2.48. The monoisotopic (exact) mass is 304 g/mol. The third kappa shape index (κ3) is 4.09. The van der Waals surface area contributed by atoms with Crippen LogP contribution in [0.4, 0.5) is 0 Å². The second-order valence-electron chi connectivity index (χ2n) is 9.22. The molecule has 22 heavy (non-hydrogen) atoms. The third-order valence-electron chi connectivity index (χ3n) is 7.89. The van der Waals surface area contributed by atoms with Gasteiger partial charge in [0, 0.05) is 0 Å². The fraction of sp³-hybridized carbons (Fsp3) is 1.00. The Kier molecular flexibility index (Phi) is 6.28. The lowest BCUT2D eigenvalue weighted by molar-refractivity contribution is 0.0238. The third-order valence-corrected chi connectivity index (χ3v) is 7.89. The quantitative estimate of drug-likeness (QED) is 0.493. The highest BCUT2D eigenvalue weighted by Crippen LogP contribution is 2.52. The van der Waals surface area contributed by atoms with Crippen molar-refractivity contribution in [1.82, 2.24) is 0 Å². The van der Waals surface area contributed by atoms with Crippen LogP contribution in [-0.4, -0.2) is 0 Å². The fourth-order valence-electron chi connectivity index (χ4n) is 6.26. The predicted molar refractivity (Wildman–Crippen MR) is 97.1 cm³/mol. The smallest absolute Gasteiger partial charge is 0.0269 e. The molecule has 3 aliphatic rings. The van der Waals surface area contributed by atoms with Crippen molar-refractivity contribution in [1.29, 1.82) is 0 Å². The second kappa shape index (κ2) is 8.20. The van der Waals surface area contributed by atoms with E-state index in [1.807, 2.05) is 0 Å². The highest BCUT2D eigenvalue weighted by molar-refractivity contribution is 4.92. The van der Waals surface area contributed by atoms with Crippen molar-refractivity contribution in [2.24, 2.45) is 23.2 Å². The van der Waals surface area contributed by atoms with Gasteiger partial charge in [-0.2, -0.15) is 0 Å². The lowest BCUT2D eigenvalue weighted by atomic mass is 9.57. The Hall–Kier alpha value is 0. The van der Waals surface area contributed by atoms with Gasteiger partial charge in [0.15, 0.2) is 0 Å². The maximum Gasteiger partial charge on any atom is -0.0269 e. The summed E-state index contributed by atoms with van der Waals surface area (Å²) in [5.41, 5.74) is 0.693. The van der Waals surface area contributed by atoms with Gasteiger partial charge in [-0.1, -0.05) is 77.6 Å². The molecule has 0 atom stereocenters. The zero-order valence-corrected chi connectivity index (χ0v) is 15.3. The van der Waals surface area contributed by atoms with E-state index >= 15 is 0 Å². The highest BCUT2D eigenvalue weighted by Gasteiger charge is 2.41. The Morgan fingerprint density at radius 3 is 1.45 bits per heavy atom. The van der Waals surface area contributed by atoms with Gasteiger partial charge in [-0.05, 0) is 61.7 Å². The topological polar surface area (TPSA) is 0 Å². The Balaban J connectivity index is 1.63.